The van der Waals surface area contributed by atoms with Gasteiger partial charge >= 0.3 is 0 Å². The Morgan fingerprint density at radius 1 is 1.36 bits per heavy atom. The summed E-state index contributed by atoms with van der Waals surface area (Å²) in [4.78, 5) is 21.2. The van der Waals surface area contributed by atoms with Crippen molar-refractivity contribution in [2.24, 2.45) is 4.99 Å². The topological polar surface area (TPSA) is 35.9 Å². The Balaban J connectivity index is 2.44. The van der Waals surface area contributed by atoms with Crippen molar-refractivity contribution in [2.45, 2.75) is 44.9 Å². The molecule has 1 saturated heterocycles. The molecular weight excluding hydrogens is 424 g/mol. The third-order valence-corrected chi connectivity index (χ3v) is 6.27. The van der Waals surface area contributed by atoms with Crippen LogP contribution in [0.15, 0.2) is 17.1 Å². The fourth-order valence-electron chi connectivity index (χ4n) is 3.34. The van der Waals surface area contributed by atoms with Crippen LogP contribution in [0, 0.1) is 10.5 Å². The highest BCUT2D eigenvalue weighted by atomic mass is 127. The first kappa shape index (κ1) is 20.4. The molecule has 1 aromatic carbocycles. The van der Waals surface area contributed by atoms with Crippen LogP contribution in [-0.2, 0) is 10.2 Å². The molecule has 1 heterocycles. The second-order valence-corrected chi connectivity index (χ2v) is 9.07. The van der Waals surface area contributed by atoms with Gasteiger partial charge in [-0.1, -0.05) is 6.07 Å². The Hall–Kier alpha value is -0.885. The van der Waals surface area contributed by atoms with E-state index in [9.17, 15) is 4.79 Å². The molecular formula is C19H29BIN3O. The minimum Gasteiger partial charge on any atom is -0.369 e. The SMILES string of the molecule is BN1CCC(c2cc(I)c(C)cc2C(C)(C)C(=O)/N=C/N(C)C)CC1. The number of amides is 1. The second kappa shape index (κ2) is 8.21. The van der Waals surface area contributed by atoms with Gasteiger partial charge in [0.1, 0.15) is 0 Å². The first-order valence-corrected chi connectivity index (χ1v) is 9.95. The average molecular weight is 453 g/mol. The van der Waals surface area contributed by atoms with Crippen LogP contribution in [0.25, 0.3) is 0 Å². The van der Waals surface area contributed by atoms with Gasteiger partial charge in [0, 0.05) is 17.7 Å². The van der Waals surface area contributed by atoms with Crippen molar-refractivity contribution in [3.8, 4) is 0 Å². The quantitative estimate of drug-likeness (QED) is 0.305. The number of aliphatic imine (C=N–C) groups is 1. The van der Waals surface area contributed by atoms with Crippen molar-refractivity contribution in [2.75, 3.05) is 27.2 Å². The lowest BCUT2D eigenvalue weighted by atomic mass is 9.75. The van der Waals surface area contributed by atoms with Crippen LogP contribution < -0.4 is 0 Å². The number of hydrogen-bond donors (Lipinski definition) is 0. The molecule has 1 fully saturated rings. The third-order valence-electron chi connectivity index (χ3n) is 5.10. The molecule has 25 heavy (non-hydrogen) atoms. The van der Waals surface area contributed by atoms with E-state index < -0.39 is 5.41 Å². The minimum absolute atomic E-state index is 0.0871. The molecule has 0 aromatic heterocycles. The summed E-state index contributed by atoms with van der Waals surface area (Å²) < 4.78 is 1.27. The molecule has 0 atom stereocenters. The summed E-state index contributed by atoms with van der Waals surface area (Å²) in [5.74, 6) is 0.432. The maximum absolute atomic E-state index is 12.8. The standard InChI is InChI=1S/C19H29BIN3O/c1-13-10-16(19(2,3)18(25)22-12-23(4)5)15(11-17(13)21)14-6-8-24(20)9-7-14/h10-12,14H,6-9,20H2,1-5H3/b22-12+. The Morgan fingerprint density at radius 3 is 2.52 bits per heavy atom. The number of rotatable bonds is 4. The van der Waals surface area contributed by atoms with E-state index >= 15 is 0 Å². The summed E-state index contributed by atoms with van der Waals surface area (Å²) in [5, 5.41) is 0. The summed E-state index contributed by atoms with van der Waals surface area (Å²) in [5.41, 5.74) is 3.08. The normalized spacial score (nSPS) is 17.2. The van der Waals surface area contributed by atoms with E-state index in [1.165, 1.54) is 14.7 Å². The number of benzene rings is 1. The molecule has 0 radical (unpaired) electrons. The van der Waals surface area contributed by atoms with Crippen LogP contribution in [0.5, 0.6) is 0 Å². The number of carbonyl (C=O) groups excluding carboxylic acids is 1. The van der Waals surface area contributed by atoms with Crippen molar-refractivity contribution in [3.63, 3.8) is 0 Å². The van der Waals surface area contributed by atoms with Crippen molar-refractivity contribution in [1.29, 1.82) is 0 Å². The molecule has 0 aliphatic carbocycles. The summed E-state index contributed by atoms with van der Waals surface area (Å²) in [6, 6.07) is 4.50. The van der Waals surface area contributed by atoms with Crippen LogP contribution >= 0.6 is 22.6 Å². The van der Waals surface area contributed by atoms with Gasteiger partial charge in [-0.3, -0.25) is 4.79 Å². The van der Waals surface area contributed by atoms with Crippen molar-refractivity contribution >= 4 is 42.8 Å². The zero-order valence-electron chi connectivity index (χ0n) is 16.3. The molecule has 0 N–H and O–H groups in total. The number of aryl methyl sites for hydroxylation is 1. The predicted octanol–water partition coefficient (Wildman–Crippen LogP) is 2.72. The zero-order chi connectivity index (χ0) is 18.8. The molecule has 1 aliphatic heterocycles. The van der Waals surface area contributed by atoms with Crippen molar-refractivity contribution in [1.82, 2.24) is 9.71 Å². The van der Waals surface area contributed by atoms with Gasteiger partial charge < -0.3 is 9.71 Å². The Labute approximate surface area is 166 Å². The van der Waals surface area contributed by atoms with Crippen LogP contribution in [0.2, 0.25) is 0 Å². The largest absolute Gasteiger partial charge is 0.369 e. The van der Waals surface area contributed by atoms with E-state index in [-0.39, 0.29) is 5.91 Å². The Morgan fingerprint density at radius 2 is 1.96 bits per heavy atom. The van der Waals surface area contributed by atoms with Gasteiger partial charge in [0.2, 0.25) is 0 Å². The van der Waals surface area contributed by atoms with Gasteiger partial charge in [0.15, 0.2) is 7.98 Å². The van der Waals surface area contributed by atoms with Crippen molar-refractivity contribution in [3.05, 3.63) is 32.4 Å². The van der Waals surface area contributed by atoms with E-state index in [2.05, 4.69) is 59.4 Å². The highest BCUT2D eigenvalue weighted by molar-refractivity contribution is 14.1. The molecule has 1 amide bonds. The predicted molar refractivity (Wildman–Crippen MR) is 116 cm³/mol. The van der Waals surface area contributed by atoms with E-state index in [1.54, 1.807) is 11.2 Å². The monoisotopic (exact) mass is 453 g/mol. The van der Waals surface area contributed by atoms with Crippen LogP contribution in [-0.4, -0.2) is 57.1 Å². The summed E-state index contributed by atoms with van der Waals surface area (Å²) in [7, 11) is 5.94. The molecule has 1 aliphatic rings. The lowest BCUT2D eigenvalue weighted by molar-refractivity contribution is -0.122. The number of halogens is 1. The van der Waals surface area contributed by atoms with E-state index in [1.807, 2.05) is 27.9 Å². The van der Waals surface area contributed by atoms with Gasteiger partial charge in [-0.05, 0) is 98.0 Å². The maximum Gasteiger partial charge on any atom is 0.257 e. The van der Waals surface area contributed by atoms with Gasteiger partial charge in [-0.2, -0.15) is 0 Å². The number of hydrogen-bond acceptors (Lipinski definition) is 2. The molecule has 136 valence electrons. The van der Waals surface area contributed by atoms with E-state index in [0.717, 1.165) is 31.5 Å². The Bertz CT molecular complexity index is 665. The lowest BCUT2D eigenvalue weighted by Crippen LogP contribution is -2.34. The second-order valence-electron chi connectivity index (χ2n) is 7.90. The molecule has 0 bridgehead atoms. The van der Waals surface area contributed by atoms with Crippen molar-refractivity contribution < 1.29 is 4.79 Å². The maximum atomic E-state index is 12.8. The first-order chi connectivity index (χ1) is 11.6. The molecule has 0 unspecified atom stereocenters. The molecule has 1 aromatic rings. The lowest BCUT2D eigenvalue weighted by Gasteiger charge is -2.34. The fraction of sp³-hybridized carbons (Fsp3) is 0.579. The van der Waals surface area contributed by atoms with Crippen LogP contribution in [0.3, 0.4) is 0 Å². The Kier molecular flexibility index (Phi) is 6.71. The van der Waals surface area contributed by atoms with Crippen LogP contribution in [0.1, 0.15) is 49.3 Å². The molecule has 4 nitrogen and oxygen atoms in total. The fourth-order valence-corrected chi connectivity index (χ4v) is 3.83. The van der Waals surface area contributed by atoms with Crippen LogP contribution in [0.4, 0.5) is 0 Å². The molecule has 0 spiro atoms. The highest BCUT2D eigenvalue weighted by Gasteiger charge is 2.34. The highest BCUT2D eigenvalue weighted by Crippen LogP contribution is 2.38. The summed E-state index contributed by atoms with van der Waals surface area (Å²) in [6.45, 7) is 8.35. The summed E-state index contributed by atoms with van der Waals surface area (Å²) >= 11 is 2.41. The molecule has 6 heteroatoms. The average Bonchev–Trinajstić information content (AvgIpc) is 2.55. The van der Waals surface area contributed by atoms with Gasteiger partial charge in [0.25, 0.3) is 5.91 Å². The van der Waals surface area contributed by atoms with E-state index in [4.69, 9.17) is 0 Å². The molecule has 0 saturated carbocycles. The third kappa shape index (κ3) is 4.85. The minimum atomic E-state index is -0.625. The first-order valence-electron chi connectivity index (χ1n) is 8.87. The number of piperidine rings is 1. The van der Waals surface area contributed by atoms with Gasteiger partial charge in [0.05, 0.1) is 11.8 Å². The van der Waals surface area contributed by atoms with Gasteiger partial charge in [-0.25, -0.2) is 4.99 Å². The number of carbonyl (C=O) groups is 1. The van der Waals surface area contributed by atoms with Gasteiger partial charge in [-0.15, -0.1) is 0 Å². The van der Waals surface area contributed by atoms with E-state index in [0.29, 0.717) is 5.92 Å². The smallest absolute Gasteiger partial charge is 0.257 e. The zero-order valence-corrected chi connectivity index (χ0v) is 18.4. The summed E-state index contributed by atoms with van der Waals surface area (Å²) in [6.07, 6.45) is 3.89. The molecule has 2 rings (SSSR count). The number of nitrogens with zero attached hydrogens (tertiary/aromatic N) is 3.